The van der Waals surface area contributed by atoms with Gasteiger partial charge in [0.25, 0.3) is 0 Å². The number of benzene rings is 1. The number of carbonyl (C=O) groups excluding carboxylic acids is 1. The predicted octanol–water partition coefficient (Wildman–Crippen LogP) is 1.29. The molecule has 4 nitrogen and oxygen atoms in total. The standard InChI is InChI=1S/C14H19FN2O2/c1-17(10-11-2-4-12(15)5-3-11)13(18)14(16)6-8-19-9-7-14/h2-5H,6-10,16H2,1H3. The second-order valence-electron chi connectivity index (χ2n) is 5.06. The number of hydrogen-bond acceptors (Lipinski definition) is 3. The van der Waals surface area contributed by atoms with Crippen molar-refractivity contribution < 1.29 is 13.9 Å². The molecule has 0 aromatic heterocycles. The molecule has 104 valence electrons. The highest BCUT2D eigenvalue weighted by molar-refractivity contribution is 5.86. The largest absolute Gasteiger partial charge is 0.381 e. The Balaban J connectivity index is 2.00. The number of amides is 1. The Labute approximate surface area is 112 Å². The van der Waals surface area contributed by atoms with E-state index in [1.807, 2.05) is 0 Å². The van der Waals surface area contributed by atoms with Crippen molar-refractivity contribution in [2.75, 3.05) is 20.3 Å². The van der Waals surface area contributed by atoms with E-state index in [-0.39, 0.29) is 11.7 Å². The summed E-state index contributed by atoms with van der Waals surface area (Å²) < 4.78 is 18.1. The van der Waals surface area contributed by atoms with Crippen molar-refractivity contribution in [3.63, 3.8) is 0 Å². The first-order valence-electron chi connectivity index (χ1n) is 6.38. The average Bonchev–Trinajstić information content (AvgIpc) is 2.41. The summed E-state index contributed by atoms with van der Waals surface area (Å²) in [7, 11) is 1.72. The number of nitrogens with two attached hydrogens (primary N) is 1. The molecule has 1 amide bonds. The van der Waals surface area contributed by atoms with Gasteiger partial charge in [-0.25, -0.2) is 4.39 Å². The minimum atomic E-state index is -0.826. The quantitative estimate of drug-likeness (QED) is 0.897. The van der Waals surface area contributed by atoms with Gasteiger partial charge < -0.3 is 15.4 Å². The van der Waals surface area contributed by atoms with Gasteiger partial charge in [0.05, 0.1) is 5.54 Å². The van der Waals surface area contributed by atoms with Crippen LogP contribution in [0.25, 0.3) is 0 Å². The summed E-state index contributed by atoms with van der Waals surface area (Å²) in [6.45, 7) is 1.47. The Hall–Kier alpha value is -1.46. The van der Waals surface area contributed by atoms with E-state index in [0.29, 0.717) is 32.6 Å². The summed E-state index contributed by atoms with van der Waals surface area (Å²) in [5.74, 6) is -0.363. The molecule has 5 heteroatoms. The number of carbonyl (C=O) groups is 1. The molecule has 19 heavy (non-hydrogen) atoms. The van der Waals surface area contributed by atoms with Crippen LogP contribution in [0.15, 0.2) is 24.3 Å². The van der Waals surface area contributed by atoms with E-state index in [1.54, 1.807) is 24.1 Å². The fraction of sp³-hybridized carbons (Fsp3) is 0.500. The summed E-state index contributed by atoms with van der Waals surface area (Å²) in [5, 5.41) is 0. The van der Waals surface area contributed by atoms with Gasteiger partial charge in [-0.15, -0.1) is 0 Å². The molecule has 0 aliphatic carbocycles. The second-order valence-corrected chi connectivity index (χ2v) is 5.06. The summed E-state index contributed by atoms with van der Waals surface area (Å²) in [6.07, 6.45) is 1.08. The minimum Gasteiger partial charge on any atom is -0.381 e. The first-order chi connectivity index (χ1) is 9.01. The zero-order chi connectivity index (χ0) is 13.9. The van der Waals surface area contributed by atoms with Gasteiger partial charge in [-0.05, 0) is 30.5 Å². The van der Waals surface area contributed by atoms with Crippen molar-refractivity contribution in [3.8, 4) is 0 Å². The van der Waals surface area contributed by atoms with Gasteiger partial charge in [0, 0.05) is 26.8 Å². The van der Waals surface area contributed by atoms with Crippen molar-refractivity contribution in [2.24, 2.45) is 5.73 Å². The predicted molar refractivity (Wildman–Crippen MR) is 69.8 cm³/mol. The van der Waals surface area contributed by atoms with E-state index < -0.39 is 5.54 Å². The lowest BCUT2D eigenvalue weighted by Gasteiger charge is -2.35. The van der Waals surface area contributed by atoms with E-state index >= 15 is 0 Å². The van der Waals surface area contributed by atoms with E-state index in [9.17, 15) is 9.18 Å². The van der Waals surface area contributed by atoms with Crippen LogP contribution in [0.4, 0.5) is 4.39 Å². The van der Waals surface area contributed by atoms with Crippen LogP contribution in [0.1, 0.15) is 18.4 Å². The van der Waals surface area contributed by atoms with Crippen molar-refractivity contribution in [1.29, 1.82) is 0 Å². The third-order valence-corrected chi connectivity index (χ3v) is 3.49. The van der Waals surface area contributed by atoms with Crippen LogP contribution >= 0.6 is 0 Å². The lowest BCUT2D eigenvalue weighted by atomic mass is 9.89. The third kappa shape index (κ3) is 3.30. The molecular formula is C14H19FN2O2. The molecule has 2 N–H and O–H groups in total. The highest BCUT2D eigenvalue weighted by Gasteiger charge is 2.37. The molecule has 2 rings (SSSR count). The van der Waals surface area contributed by atoms with Crippen molar-refractivity contribution in [1.82, 2.24) is 4.90 Å². The third-order valence-electron chi connectivity index (χ3n) is 3.49. The van der Waals surface area contributed by atoms with Crippen LogP contribution in [-0.4, -0.2) is 36.6 Å². The Morgan fingerprint density at radius 1 is 1.37 bits per heavy atom. The highest BCUT2D eigenvalue weighted by atomic mass is 19.1. The normalized spacial score (nSPS) is 18.1. The smallest absolute Gasteiger partial charge is 0.242 e. The minimum absolute atomic E-state index is 0.0832. The fourth-order valence-corrected chi connectivity index (χ4v) is 2.27. The molecule has 1 aromatic carbocycles. The molecule has 1 aliphatic heterocycles. The lowest BCUT2D eigenvalue weighted by Crippen LogP contribution is -2.57. The van der Waals surface area contributed by atoms with Crippen molar-refractivity contribution in [3.05, 3.63) is 35.6 Å². The Morgan fingerprint density at radius 2 is 1.95 bits per heavy atom. The van der Waals surface area contributed by atoms with Gasteiger partial charge in [0.15, 0.2) is 0 Å². The summed E-state index contributed by atoms with van der Waals surface area (Å²) >= 11 is 0. The molecule has 0 spiro atoms. The first kappa shape index (κ1) is 14.0. The lowest BCUT2D eigenvalue weighted by molar-refractivity contribution is -0.139. The molecule has 0 saturated carbocycles. The Morgan fingerprint density at radius 3 is 2.53 bits per heavy atom. The van der Waals surface area contributed by atoms with E-state index in [1.165, 1.54) is 12.1 Å². The van der Waals surface area contributed by atoms with Crippen LogP contribution in [0.5, 0.6) is 0 Å². The van der Waals surface area contributed by atoms with Crippen LogP contribution < -0.4 is 5.73 Å². The molecule has 0 unspecified atom stereocenters. The molecule has 1 saturated heterocycles. The number of likely N-dealkylation sites (N-methyl/N-ethyl adjacent to an activating group) is 1. The maximum atomic E-state index is 12.8. The molecule has 1 heterocycles. The van der Waals surface area contributed by atoms with Gasteiger partial charge in [-0.1, -0.05) is 12.1 Å². The molecule has 0 atom stereocenters. The van der Waals surface area contributed by atoms with Gasteiger partial charge >= 0.3 is 0 Å². The Kier molecular flexibility index (Phi) is 4.17. The Bertz CT molecular complexity index is 441. The van der Waals surface area contributed by atoms with Gasteiger partial charge in [0.2, 0.25) is 5.91 Å². The van der Waals surface area contributed by atoms with Crippen molar-refractivity contribution in [2.45, 2.75) is 24.9 Å². The molecule has 1 aliphatic rings. The van der Waals surface area contributed by atoms with E-state index in [2.05, 4.69) is 0 Å². The maximum absolute atomic E-state index is 12.8. The number of rotatable bonds is 3. The highest BCUT2D eigenvalue weighted by Crippen LogP contribution is 2.21. The summed E-state index contributed by atoms with van der Waals surface area (Å²) in [6, 6.07) is 6.12. The zero-order valence-electron chi connectivity index (χ0n) is 11.1. The monoisotopic (exact) mass is 266 g/mol. The molecule has 1 aromatic rings. The zero-order valence-corrected chi connectivity index (χ0v) is 11.1. The van der Waals surface area contributed by atoms with E-state index in [0.717, 1.165) is 5.56 Å². The maximum Gasteiger partial charge on any atom is 0.242 e. The number of hydrogen-bond donors (Lipinski definition) is 1. The van der Waals surface area contributed by atoms with Crippen LogP contribution in [0, 0.1) is 5.82 Å². The van der Waals surface area contributed by atoms with Gasteiger partial charge in [-0.3, -0.25) is 4.79 Å². The number of nitrogens with zero attached hydrogens (tertiary/aromatic N) is 1. The SMILES string of the molecule is CN(Cc1ccc(F)cc1)C(=O)C1(N)CCOCC1. The molecule has 0 bridgehead atoms. The molecule has 0 radical (unpaired) electrons. The second kappa shape index (κ2) is 5.67. The average molecular weight is 266 g/mol. The van der Waals surface area contributed by atoms with Gasteiger partial charge in [0.1, 0.15) is 5.82 Å². The van der Waals surface area contributed by atoms with Crippen LogP contribution in [0.2, 0.25) is 0 Å². The fourth-order valence-electron chi connectivity index (χ4n) is 2.27. The van der Waals surface area contributed by atoms with Gasteiger partial charge in [-0.2, -0.15) is 0 Å². The van der Waals surface area contributed by atoms with E-state index in [4.69, 9.17) is 10.5 Å². The van der Waals surface area contributed by atoms with Crippen molar-refractivity contribution >= 4 is 5.91 Å². The van der Waals surface area contributed by atoms with Crippen LogP contribution in [-0.2, 0) is 16.1 Å². The first-order valence-corrected chi connectivity index (χ1v) is 6.38. The van der Waals surface area contributed by atoms with Crippen LogP contribution in [0.3, 0.4) is 0 Å². The molecular weight excluding hydrogens is 247 g/mol. The summed E-state index contributed by atoms with van der Waals surface area (Å²) in [4.78, 5) is 14.0. The number of halogens is 1. The number of ether oxygens (including phenoxy) is 1. The summed E-state index contributed by atoms with van der Waals surface area (Å²) in [5.41, 5.74) is 6.21. The topological polar surface area (TPSA) is 55.6 Å². The molecule has 1 fully saturated rings.